The minimum atomic E-state index is -1.19. The fourth-order valence-electron chi connectivity index (χ4n) is 3.39. The van der Waals surface area contributed by atoms with Gasteiger partial charge in [0.2, 0.25) is 5.91 Å². The molecule has 0 bridgehead atoms. The maximum Gasteiger partial charge on any atom is 0.335 e. The Balaban J connectivity index is 1.69. The Morgan fingerprint density at radius 1 is 1.04 bits per heavy atom. The molecule has 0 atom stereocenters. The lowest BCUT2D eigenvalue weighted by atomic mass is 9.86. The zero-order chi connectivity index (χ0) is 16.6. The number of amides is 1. The lowest BCUT2D eigenvalue weighted by Gasteiger charge is -2.34. The predicted molar refractivity (Wildman–Crippen MR) is 81.3 cm³/mol. The molecule has 3 rings (SSSR count). The van der Waals surface area contributed by atoms with Gasteiger partial charge in [0.05, 0.1) is 5.56 Å². The van der Waals surface area contributed by atoms with E-state index in [1.807, 2.05) is 12.1 Å². The molecular weight excluding hydrogens is 298 g/mol. The Kier molecular flexibility index (Phi) is 3.83. The highest BCUT2D eigenvalue weighted by atomic mass is 16.4. The molecule has 1 heterocycles. The zero-order valence-corrected chi connectivity index (χ0v) is 12.7. The third-order valence-corrected chi connectivity index (χ3v) is 4.98. The summed E-state index contributed by atoms with van der Waals surface area (Å²) < 4.78 is 0. The molecule has 0 spiro atoms. The van der Waals surface area contributed by atoms with Gasteiger partial charge in [0.25, 0.3) is 0 Å². The maximum atomic E-state index is 12.4. The number of aliphatic carboxylic acids is 1. The number of hydrogen-bond acceptors (Lipinski definition) is 3. The number of carboxylic acids is 2. The van der Waals surface area contributed by atoms with Crippen molar-refractivity contribution in [2.24, 2.45) is 5.41 Å². The quantitative estimate of drug-likeness (QED) is 0.828. The molecule has 1 saturated carbocycles. The molecule has 0 unspecified atom stereocenters. The molecule has 1 saturated heterocycles. The number of carbonyl (C=O) groups excluding carboxylic acids is 1. The number of rotatable bonds is 4. The monoisotopic (exact) mass is 317 g/mol. The highest BCUT2D eigenvalue weighted by molar-refractivity contribution is 6.04. The molecule has 122 valence electrons. The van der Waals surface area contributed by atoms with Gasteiger partial charge in [-0.15, -0.1) is 0 Å². The van der Waals surface area contributed by atoms with Crippen LogP contribution in [0.4, 0.5) is 0 Å². The zero-order valence-electron chi connectivity index (χ0n) is 12.7. The maximum absolute atomic E-state index is 12.4. The molecule has 23 heavy (non-hydrogen) atoms. The van der Waals surface area contributed by atoms with Crippen molar-refractivity contribution in [2.45, 2.75) is 31.6 Å². The van der Waals surface area contributed by atoms with E-state index < -0.39 is 17.4 Å². The average Bonchev–Trinajstić information content (AvgIpc) is 3.36. The van der Waals surface area contributed by atoms with Gasteiger partial charge in [0.15, 0.2) is 0 Å². The van der Waals surface area contributed by atoms with Crippen LogP contribution in [-0.2, 0) is 9.59 Å². The van der Waals surface area contributed by atoms with E-state index >= 15 is 0 Å². The minimum absolute atomic E-state index is 0.0892. The highest BCUT2D eigenvalue weighted by Crippen LogP contribution is 2.48. The summed E-state index contributed by atoms with van der Waals surface area (Å²) in [6.07, 6.45) is 2.16. The van der Waals surface area contributed by atoms with Gasteiger partial charge in [-0.05, 0) is 43.2 Å². The predicted octanol–water partition coefficient (Wildman–Crippen LogP) is 1.96. The van der Waals surface area contributed by atoms with Crippen molar-refractivity contribution in [2.75, 3.05) is 13.1 Å². The summed E-state index contributed by atoms with van der Waals surface area (Å²) in [5, 5.41) is 18.5. The molecule has 0 aromatic heterocycles. The summed E-state index contributed by atoms with van der Waals surface area (Å²) in [4.78, 5) is 36.6. The van der Waals surface area contributed by atoms with E-state index in [4.69, 9.17) is 0 Å². The van der Waals surface area contributed by atoms with Crippen molar-refractivity contribution in [1.82, 2.24) is 4.90 Å². The topological polar surface area (TPSA) is 94.9 Å². The van der Waals surface area contributed by atoms with Crippen LogP contribution in [0.5, 0.6) is 0 Å². The molecule has 1 aromatic carbocycles. The molecule has 6 nitrogen and oxygen atoms in total. The Morgan fingerprint density at radius 3 is 2.17 bits per heavy atom. The number of aromatic carboxylic acids is 1. The molecule has 1 amide bonds. The van der Waals surface area contributed by atoms with Crippen LogP contribution in [0, 0.1) is 5.41 Å². The second-order valence-electron chi connectivity index (χ2n) is 6.35. The van der Waals surface area contributed by atoms with Crippen molar-refractivity contribution in [3.05, 3.63) is 35.4 Å². The Bertz CT molecular complexity index is 657. The smallest absolute Gasteiger partial charge is 0.335 e. The van der Waals surface area contributed by atoms with Crippen LogP contribution in [-0.4, -0.2) is 46.0 Å². The molecule has 6 heteroatoms. The van der Waals surface area contributed by atoms with Gasteiger partial charge in [-0.1, -0.05) is 18.2 Å². The van der Waals surface area contributed by atoms with Gasteiger partial charge in [-0.25, -0.2) is 4.79 Å². The van der Waals surface area contributed by atoms with Gasteiger partial charge in [-0.2, -0.15) is 0 Å². The third kappa shape index (κ3) is 2.69. The normalized spacial score (nSPS) is 20.1. The number of benzene rings is 1. The van der Waals surface area contributed by atoms with E-state index in [0.29, 0.717) is 44.3 Å². The van der Waals surface area contributed by atoms with Crippen LogP contribution in [0.2, 0.25) is 0 Å². The Labute approximate surface area is 133 Å². The van der Waals surface area contributed by atoms with E-state index in [2.05, 4.69) is 0 Å². The minimum Gasteiger partial charge on any atom is -0.480 e. The first-order valence-corrected chi connectivity index (χ1v) is 7.81. The summed E-state index contributed by atoms with van der Waals surface area (Å²) in [5.74, 6) is -2.16. The van der Waals surface area contributed by atoms with Crippen LogP contribution in [0.15, 0.2) is 24.3 Å². The summed E-state index contributed by atoms with van der Waals surface area (Å²) in [6.45, 7) is 0.957. The Morgan fingerprint density at radius 2 is 1.65 bits per heavy atom. The highest BCUT2D eigenvalue weighted by Gasteiger charge is 2.58. The van der Waals surface area contributed by atoms with Gasteiger partial charge in [0, 0.05) is 13.1 Å². The van der Waals surface area contributed by atoms with E-state index in [1.54, 1.807) is 17.0 Å². The summed E-state index contributed by atoms with van der Waals surface area (Å²) >= 11 is 0. The summed E-state index contributed by atoms with van der Waals surface area (Å²) in [5.41, 5.74) is -0.0841. The van der Waals surface area contributed by atoms with Crippen LogP contribution in [0.25, 0.3) is 0 Å². The van der Waals surface area contributed by atoms with Gasteiger partial charge in [-0.3, -0.25) is 9.59 Å². The number of carboxylic acid groups (broad SMARTS) is 2. The first kappa shape index (κ1) is 15.5. The average molecular weight is 317 g/mol. The lowest BCUT2D eigenvalue weighted by molar-refractivity contribution is -0.154. The second kappa shape index (κ2) is 5.68. The molecule has 2 N–H and O–H groups in total. The first-order valence-electron chi connectivity index (χ1n) is 7.81. The van der Waals surface area contributed by atoms with Gasteiger partial charge < -0.3 is 15.1 Å². The van der Waals surface area contributed by atoms with E-state index in [0.717, 1.165) is 5.56 Å². The number of carbonyl (C=O) groups is 3. The standard InChI is InChI=1S/C17H19NO5/c19-14(20)13-4-2-1-3-12(13)11-5-9-18(10-6-11)15(21)17(7-8-17)16(22)23/h1-4,11H,5-10H2,(H,19,20)(H,22,23). The summed E-state index contributed by atoms with van der Waals surface area (Å²) in [6, 6.07) is 6.95. The molecule has 2 fully saturated rings. The van der Waals surface area contributed by atoms with Crippen molar-refractivity contribution >= 4 is 17.8 Å². The largest absolute Gasteiger partial charge is 0.480 e. The summed E-state index contributed by atoms with van der Waals surface area (Å²) in [7, 11) is 0. The molecule has 1 aliphatic carbocycles. The second-order valence-corrected chi connectivity index (χ2v) is 6.35. The third-order valence-electron chi connectivity index (χ3n) is 4.98. The van der Waals surface area contributed by atoms with Crippen LogP contribution in [0.1, 0.15) is 47.5 Å². The lowest BCUT2D eigenvalue weighted by Crippen LogP contribution is -2.44. The van der Waals surface area contributed by atoms with Crippen molar-refractivity contribution in [1.29, 1.82) is 0 Å². The van der Waals surface area contributed by atoms with Gasteiger partial charge >= 0.3 is 11.9 Å². The van der Waals surface area contributed by atoms with E-state index in [-0.39, 0.29) is 11.8 Å². The van der Waals surface area contributed by atoms with Crippen LogP contribution < -0.4 is 0 Å². The van der Waals surface area contributed by atoms with Crippen LogP contribution >= 0.6 is 0 Å². The molecule has 2 aliphatic rings. The number of piperidine rings is 1. The molecule has 1 aliphatic heterocycles. The molecule has 1 aromatic rings. The van der Waals surface area contributed by atoms with E-state index in [9.17, 15) is 24.6 Å². The van der Waals surface area contributed by atoms with Crippen molar-refractivity contribution in [3.63, 3.8) is 0 Å². The van der Waals surface area contributed by atoms with Crippen molar-refractivity contribution in [3.8, 4) is 0 Å². The molecule has 0 radical (unpaired) electrons. The SMILES string of the molecule is O=C(O)c1ccccc1C1CCN(C(=O)C2(C(=O)O)CC2)CC1. The fourth-order valence-corrected chi connectivity index (χ4v) is 3.39. The number of hydrogen-bond donors (Lipinski definition) is 2. The van der Waals surface area contributed by atoms with E-state index in [1.165, 1.54) is 0 Å². The van der Waals surface area contributed by atoms with Crippen LogP contribution in [0.3, 0.4) is 0 Å². The fraction of sp³-hybridized carbons (Fsp3) is 0.471. The number of nitrogens with zero attached hydrogens (tertiary/aromatic N) is 1. The Hall–Kier alpha value is -2.37. The van der Waals surface area contributed by atoms with Gasteiger partial charge in [0.1, 0.15) is 5.41 Å². The molecular formula is C17H19NO5. The van der Waals surface area contributed by atoms with Crippen molar-refractivity contribution < 1.29 is 24.6 Å². The first-order chi connectivity index (χ1) is 11.0. The number of likely N-dealkylation sites (tertiary alicyclic amines) is 1.